The van der Waals surface area contributed by atoms with Gasteiger partial charge in [0.2, 0.25) is 5.91 Å². The van der Waals surface area contributed by atoms with E-state index in [1.165, 1.54) is 5.56 Å². The number of benzene rings is 2. The number of amides is 1. The minimum Gasteiger partial charge on any atom is -0.488 e. The van der Waals surface area contributed by atoms with Gasteiger partial charge in [0.1, 0.15) is 18.2 Å². The van der Waals surface area contributed by atoms with E-state index in [9.17, 15) is 4.79 Å². The van der Waals surface area contributed by atoms with E-state index >= 15 is 0 Å². The summed E-state index contributed by atoms with van der Waals surface area (Å²) < 4.78 is 6.44. The molecule has 2 aromatic carbocycles. The van der Waals surface area contributed by atoms with Crippen molar-refractivity contribution in [3.8, 4) is 17.1 Å². The SMILES string of the molecule is Cc1ccc(C(C)C)cc1OCc1c(C)nc(-c2c(C)cccc2C)nc1N(C)C1CCN(CC(N)=O)C1. The van der Waals surface area contributed by atoms with Gasteiger partial charge < -0.3 is 15.4 Å². The molecule has 7 nitrogen and oxygen atoms in total. The number of likely N-dealkylation sites (tertiary alicyclic amines) is 1. The molecule has 38 heavy (non-hydrogen) atoms. The van der Waals surface area contributed by atoms with Gasteiger partial charge in [0.05, 0.1) is 17.8 Å². The van der Waals surface area contributed by atoms with Gasteiger partial charge in [-0.25, -0.2) is 9.97 Å². The molecule has 4 rings (SSSR count). The van der Waals surface area contributed by atoms with Crippen LogP contribution < -0.4 is 15.4 Å². The number of aromatic nitrogens is 2. The molecule has 0 radical (unpaired) electrons. The van der Waals surface area contributed by atoms with Crippen molar-refractivity contribution in [3.63, 3.8) is 0 Å². The van der Waals surface area contributed by atoms with Crippen LogP contribution in [-0.2, 0) is 11.4 Å². The third kappa shape index (κ3) is 5.99. The second-order valence-corrected chi connectivity index (χ2v) is 10.9. The van der Waals surface area contributed by atoms with Crippen molar-refractivity contribution in [1.82, 2.24) is 14.9 Å². The molecule has 2 N–H and O–H groups in total. The van der Waals surface area contributed by atoms with Crippen LogP contribution in [0.4, 0.5) is 5.82 Å². The van der Waals surface area contributed by atoms with E-state index in [4.69, 9.17) is 20.4 Å². The van der Waals surface area contributed by atoms with E-state index in [2.05, 4.69) is 87.9 Å². The average Bonchev–Trinajstić information content (AvgIpc) is 3.31. The molecular weight excluding hydrogens is 474 g/mol. The lowest BCUT2D eigenvalue weighted by Crippen LogP contribution is -2.38. The maximum absolute atomic E-state index is 11.5. The molecule has 0 aliphatic carbocycles. The highest BCUT2D eigenvalue weighted by atomic mass is 16.5. The van der Waals surface area contributed by atoms with E-state index in [1.807, 2.05) is 6.92 Å². The number of rotatable bonds is 9. The Morgan fingerprint density at radius 2 is 1.82 bits per heavy atom. The number of primary amides is 1. The number of nitrogens with two attached hydrogens (primary N) is 1. The summed E-state index contributed by atoms with van der Waals surface area (Å²) in [6, 6.07) is 12.9. The molecule has 0 bridgehead atoms. The lowest BCUT2D eigenvalue weighted by Gasteiger charge is -2.29. The highest BCUT2D eigenvalue weighted by molar-refractivity contribution is 5.76. The van der Waals surface area contributed by atoms with Crippen LogP contribution in [0.25, 0.3) is 11.4 Å². The first kappa shape index (κ1) is 27.6. The Balaban J connectivity index is 1.72. The van der Waals surface area contributed by atoms with Crippen LogP contribution in [0.2, 0.25) is 0 Å². The van der Waals surface area contributed by atoms with Crippen molar-refractivity contribution >= 4 is 11.7 Å². The van der Waals surface area contributed by atoms with Crippen LogP contribution in [0, 0.1) is 27.7 Å². The Labute approximate surface area is 227 Å². The lowest BCUT2D eigenvalue weighted by molar-refractivity contribution is -0.118. The Morgan fingerprint density at radius 1 is 1.11 bits per heavy atom. The topological polar surface area (TPSA) is 84.6 Å². The molecule has 1 unspecified atom stereocenters. The van der Waals surface area contributed by atoms with E-state index in [-0.39, 0.29) is 18.5 Å². The largest absolute Gasteiger partial charge is 0.488 e. The van der Waals surface area contributed by atoms with E-state index in [1.54, 1.807) is 0 Å². The smallest absolute Gasteiger partial charge is 0.231 e. The number of ether oxygens (including phenoxy) is 1. The summed E-state index contributed by atoms with van der Waals surface area (Å²) in [4.78, 5) is 26.0. The third-order valence-corrected chi connectivity index (χ3v) is 7.66. The zero-order valence-corrected chi connectivity index (χ0v) is 23.8. The predicted molar refractivity (Wildman–Crippen MR) is 154 cm³/mol. The minimum absolute atomic E-state index is 0.208. The van der Waals surface area contributed by atoms with Crippen LogP contribution in [0.1, 0.15) is 59.7 Å². The molecule has 1 fully saturated rings. The van der Waals surface area contributed by atoms with Crippen molar-refractivity contribution in [3.05, 3.63) is 69.9 Å². The van der Waals surface area contributed by atoms with Crippen LogP contribution in [-0.4, -0.2) is 53.5 Å². The number of anilines is 1. The molecular formula is C31H41N5O2. The number of hydrogen-bond donors (Lipinski definition) is 1. The Kier molecular flexibility index (Phi) is 8.36. The van der Waals surface area contributed by atoms with Gasteiger partial charge in [-0.15, -0.1) is 0 Å². The van der Waals surface area contributed by atoms with Gasteiger partial charge in [-0.2, -0.15) is 0 Å². The van der Waals surface area contributed by atoms with Gasteiger partial charge in [0.25, 0.3) is 0 Å². The number of carbonyl (C=O) groups excluding carboxylic acids is 1. The highest BCUT2D eigenvalue weighted by Crippen LogP contribution is 2.32. The Morgan fingerprint density at radius 3 is 2.47 bits per heavy atom. The highest BCUT2D eigenvalue weighted by Gasteiger charge is 2.30. The number of hydrogen-bond acceptors (Lipinski definition) is 6. The van der Waals surface area contributed by atoms with Crippen LogP contribution >= 0.6 is 0 Å². The molecule has 1 aliphatic heterocycles. The Bertz CT molecular complexity index is 1300. The predicted octanol–water partition coefficient (Wildman–Crippen LogP) is 5.08. The van der Waals surface area contributed by atoms with E-state index in [0.717, 1.165) is 70.4 Å². The zero-order chi connectivity index (χ0) is 27.6. The number of likely N-dealkylation sites (N-methyl/N-ethyl adjacent to an activating group) is 1. The maximum Gasteiger partial charge on any atom is 0.231 e. The molecule has 0 spiro atoms. The summed E-state index contributed by atoms with van der Waals surface area (Å²) in [5.74, 6) is 2.62. The first-order valence-corrected chi connectivity index (χ1v) is 13.5. The van der Waals surface area contributed by atoms with E-state index in [0.29, 0.717) is 12.5 Å². The van der Waals surface area contributed by atoms with Crippen molar-refractivity contribution in [1.29, 1.82) is 0 Å². The molecule has 0 saturated carbocycles. The van der Waals surface area contributed by atoms with Gasteiger partial charge in [0, 0.05) is 31.7 Å². The number of aryl methyl sites for hydroxylation is 4. The van der Waals surface area contributed by atoms with E-state index < -0.39 is 0 Å². The first-order valence-electron chi connectivity index (χ1n) is 13.5. The molecule has 7 heteroatoms. The van der Waals surface area contributed by atoms with Gasteiger partial charge >= 0.3 is 0 Å². The zero-order valence-electron chi connectivity index (χ0n) is 23.8. The quantitative estimate of drug-likeness (QED) is 0.428. The normalized spacial score (nSPS) is 15.7. The second kappa shape index (κ2) is 11.5. The lowest BCUT2D eigenvalue weighted by atomic mass is 10.0. The summed E-state index contributed by atoms with van der Waals surface area (Å²) >= 11 is 0. The second-order valence-electron chi connectivity index (χ2n) is 10.9. The van der Waals surface area contributed by atoms with Gasteiger partial charge in [-0.05, 0) is 68.4 Å². The average molecular weight is 516 g/mol. The minimum atomic E-state index is -0.295. The molecule has 1 aliphatic rings. The van der Waals surface area contributed by atoms with Gasteiger partial charge in [-0.3, -0.25) is 9.69 Å². The monoisotopic (exact) mass is 515 g/mol. The molecule has 1 amide bonds. The van der Waals surface area contributed by atoms with Crippen molar-refractivity contribution in [2.24, 2.45) is 5.73 Å². The van der Waals surface area contributed by atoms with Crippen LogP contribution in [0.3, 0.4) is 0 Å². The number of nitrogens with zero attached hydrogens (tertiary/aromatic N) is 4. The fourth-order valence-corrected chi connectivity index (χ4v) is 5.27. The fraction of sp³-hybridized carbons (Fsp3) is 0.452. The molecule has 2 heterocycles. The standard InChI is InChI=1S/C31H41N5O2/c1-19(2)24-12-11-20(3)27(15-24)38-18-26-23(6)33-30(29-21(4)9-8-10-22(29)5)34-31(26)35(7)25-13-14-36(16-25)17-28(32)37/h8-12,15,19,25H,13-14,16-18H2,1-7H3,(H2,32,37). The first-order chi connectivity index (χ1) is 18.0. The van der Waals surface area contributed by atoms with Gasteiger partial charge in [-0.1, -0.05) is 44.2 Å². The summed E-state index contributed by atoms with van der Waals surface area (Å²) in [5.41, 5.74) is 13.1. The molecule has 202 valence electrons. The summed E-state index contributed by atoms with van der Waals surface area (Å²) in [6.45, 7) is 14.9. The summed E-state index contributed by atoms with van der Waals surface area (Å²) in [7, 11) is 2.09. The van der Waals surface area contributed by atoms with Crippen molar-refractivity contribution in [2.75, 3.05) is 31.6 Å². The Hall–Kier alpha value is -3.45. The fourth-order valence-electron chi connectivity index (χ4n) is 5.27. The molecule has 1 atom stereocenters. The van der Waals surface area contributed by atoms with Crippen molar-refractivity contribution < 1.29 is 9.53 Å². The number of carbonyl (C=O) groups is 1. The third-order valence-electron chi connectivity index (χ3n) is 7.66. The maximum atomic E-state index is 11.5. The van der Waals surface area contributed by atoms with Crippen molar-refractivity contribution in [2.45, 2.75) is 66.5 Å². The summed E-state index contributed by atoms with van der Waals surface area (Å²) in [6.07, 6.45) is 0.932. The molecule has 3 aromatic rings. The summed E-state index contributed by atoms with van der Waals surface area (Å²) in [5, 5.41) is 0. The molecule has 1 saturated heterocycles. The van der Waals surface area contributed by atoms with Gasteiger partial charge in [0.15, 0.2) is 5.82 Å². The van der Waals surface area contributed by atoms with Crippen LogP contribution in [0.15, 0.2) is 36.4 Å². The van der Waals surface area contributed by atoms with Crippen LogP contribution in [0.5, 0.6) is 5.75 Å². The molecule has 1 aromatic heterocycles.